The van der Waals surface area contributed by atoms with E-state index >= 15 is 0 Å². The minimum absolute atomic E-state index is 0.116. The Labute approximate surface area is 165 Å². The Hall–Kier alpha value is -3.52. The van der Waals surface area contributed by atoms with E-state index in [0.717, 1.165) is 24.3 Å². The van der Waals surface area contributed by atoms with Crippen LogP contribution in [0.3, 0.4) is 0 Å². The van der Waals surface area contributed by atoms with Crippen molar-refractivity contribution in [2.45, 2.75) is 4.90 Å². The van der Waals surface area contributed by atoms with Crippen molar-refractivity contribution in [3.63, 3.8) is 0 Å². The number of halogens is 1. The number of hydrogen-bond donors (Lipinski definition) is 1. The minimum atomic E-state index is -3.89. The second kappa shape index (κ2) is 7.48. The van der Waals surface area contributed by atoms with Crippen LogP contribution in [0.25, 0.3) is 22.6 Å². The van der Waals surface area contributed by atoms with Crippen LogP contribution in [-0.2, 0) is 14.6 Å². The van der Waals surface area contributed by atoms with Gasteiger partial charge in [-0.2, -0.15) is 0 Å². The minimum Gasteiger partial charge on any atom is -0.436 e. The van der Waals surface area contributed by atoms with E-state index in [1.807, 2.05) is 18.2 Å². The Balaban J connectivity index is 1.51. The lowest BCUT2D eigenvalue weighted by Crippen LogP contribution is -2.23. The molecule has 1 aromatic heterocycles. The van der Waals surface area contributed by atoms with Gasteiger partial charge in [0.05, 0.1) is 4.90 Å². The highest BCUT2D eigenvalue weighted by atomic mass is 32.2. The van der Waals surface area contributed by atoms with Gasteiger partial charge < -0.3 is 9.73 Å². The lowest BCUT2D eigenvalue weighted by Gasteiger charge is -2.07. The van der Waals surface area contributed by atoms with Gasteiger partial charge in [0.25, 0.3) is 0 Å². The van der Waals surface area contributed by atoms with Gasteiger partial charge in [-0.05, 0) is 54.6 Å². The number of rotatable bonds is 5. The van der Waals surface area contributed by atoms with Crippen molar-refractivity contribution in [3.05, 3.63) is 78.6 Å². The standard InChI is InChI=1S/C21H15FN2O4S/c22-15-8-10-17(11-9-15)29(26,27)13-20(25)23-16-5-3-4-14(12-16)21-24-18-6-1-2-7-19(18)28-21/h1-12H,13H2,(H,23,25). The first kappa shape index (κ1) is 18.8. The molecule has 1 heterocycles. The predicted molar refractivity (Wildman–Crippen MR) is 107 cm³/mol. The number of aromatic nitrogens is 1. The molecule has 0 radical (unpaired) electrons. The fourth-order valence-electron chi connectivity index (χ4n) is 2.82. The molecule has 29 heavy (non-hydrogen) atoms. The molecule has 146 valence electrons. The summed E-state index contributed by atoms with van der Waals surface area (Å²) in [7, 11) is -3.89. The van der Waals surface area contributed by atoms with Gasteiger partial charge in [0.2, 0.25) is 11.8 Å². The lowest BCUT2D eigenvalue weighted by molar-refractivity contribution is -0.113. The van der Waals surface area contributed by atoms with Gasteiger partial charge in [-0.1, -0.05) is 18.2 Å². The Morgan fingerprint density at radius 2 is 1.76 bits per heavy atom. The summed E-state index contributed by atoms with van der Waals surface area (Å²) in [5.74, 6) is -1.62. The number of amides is 1. The van der Waals surface area contributed by atoms with Gasteiger partial charge in [-0.3, -0.25) is 4.79 Å². The van der Waals surface area contributed by atoms with E-state index in [4.69, 9.17) is 4.42 Å². The number of carbonyl (C=O) groups is 1. The fraction of sp³-hybridized carbons (Fsp3) is 0.0476. The quantitative estimate of drug-likeness (QED) is 0.502. The molecule has 6 nitrogen and oxygen atoms in total. The van der Waals surface area contributed by atoms with Crippen LogP contribution >= 0.6 is 0 Å². The van der Waals surface area contributed by atoms with E-state index in [1.54, 1.807) is 30.3 Å². The summed E-state index contributed by atoms with van der Waals surface area (Å²) >= 11 is 0. The lowest BCUT2D eigenvalue weighted by atomic mass is 10.2. The van der Waals surface area contributed by atoms with Crippen LogP contribution in [0.2, 0.25) is 0 Å². The molecular weight excluding hydrogens is 395 g/mol. The van der Waals surface area contributed by atoms with Gasteiger partial charge >= 0.3 is 0 Å². The van der Waals surface area contributed by atoms with E-state index < -0.39 is 27.3 Å². The molecule has 0 saturated carbocycles. The Kier molecular flexibility index (Phi) is 4.85. The molecule has 0 atom stereocenters. The average molecular weight is 410 g/mol. The summed E-state index contributed by atoms with van der Waals surface area (Å²) in [4.78, 5) is 16.5. The molecule has 0 spiro atoms. The second-order valence-electron chi connectivity index (χ2n) is 6.33. The summed E-state index contributed by atoms with van der Waals surface area (Å²) in [5, 5.41) is 2.56. The number of carbonyl (C=O) groups excluding carboxylic acids is 1. The van der Waals surface area contributed by atoms with E-state index in [2.05, 4.69) is 10.3 Å². The topological polar surface area (TPSA) is 89.3 Å². The van der Waals surface area contributed by atoms with Gasteiger partial charge in [-0.15, -0.1) is 0 Å². The van der Waals surface area contributed by atoms with Gasteiger partial charge in [0.15, 0.2) is 15.4 Å². The van der Waals surface area contributed by atoms with Gasteiger partial charge in [0, 0.05) is 11.3 Å². The number of anilines is 1. The third-order valence-electron chi connectivity index (χ3n) is 4.18. The van der Waals surface area contributed by atoms with Crippen LogP contribution in [0, 0.1) is 5.82 Å². The van der Waals surface area contributed by atoms with Crippen molar-refractivity contribution in [3.8, 4) is 11.5 Å². The molecule has 0 aliphatic heterocycles. The third kappa shape index (κ3) is 4.17. The third-order valence-corrected chi connectivity index (χ3v) is 5.81. The van der Waals surface area contributed by atoms with Crippen molar-refractivity contribution >= 4 is 32.5 Å². The number of nitrogens with zero attached hydrogens (tertiary/aromatic N) is 1. The molecule has 0 fully saturated rings. The molecule has 3 aromatic carbocycles. The van der Waals surface area contributed by atoms with Crippen molar-refractivity contribution in [2.24, 2.45) is 0 Å². The summed E-state index contributed by atoms with van der Waals surface area (Å²) < 4.78 is 43.3. The summed E-state index contributed by atoms with van der Waals surface area (Å²) in [6, 6.07) is 18.4. The maximum Gasteiger partial charge on any atom is 0.239 e. The fourth-order valence-corrected chi connectivity index (χ4v) is 3.96. The number of hydrogen-bond acceptors (Lipinski definition) is 5. The van der Waals surface area contributed by atoms with Crippen LogP contribution in [0.1, 0.15) is 0 Å². The molecule has 1 N–H and O–H groups in total. The highest BCUT2D eigenvalue weighted by molar-refractivity contribution is 7.92. The van der Waals surface area contributed by atoms with Crippen LogP contribution in [0.4, 0.5) is 10.1 Å². The SMILES string of the molecule is O=C(CS(=O)(=O)c1ccc(F)cc1)Nc1cccc(-c2nc3ccccc3o2)c1. The number of sulfone groups is 1. The molecule has 4 aromatic rings. The van der Waals surface area contributed by atoms with E-state index in [1.165, 1.54) is 0 Å². The van der Waals surface area contributed by atoms with Crippen molar-refractivity contribution in [2.75, 3.05) is 11.1 Å². The molecule has 8 heteroatoms. The first-order chi connectivity index (χ1) is 13.9. The Morgan fingerprint density at radius 1 is 1.00 bits per heavy atom. The summed E-state index contributed by atoms with van der Waals surface area (Å²) in [6.45, 7) is 0. The number of nitrogens with one attached hydrogen (secondary N) is 1. The van der Waals surface area contributed by atoms with Gasteiger partial charge in [-0.25, -0.2) is 17.8 Å². The molecule has 0 aliphatic carbocycles. The zero-order chi connectivity index (χ0) is 20.4. The summed E-state index contributed by atoms with van der Waals surface area (Å²) in [5.41, 5.74) is 2.40. The van der Waals surface area contributed by atoms with Crippen molar-refractivity contribution in [1.29, 1.82) is 0 Å². The van der Waals surface area contributed by atoms with Crippen LogP contribution in [0.5, 0.6) is 0 Å². The van der Waals surface area contributed by atoms with Crippen molar-refractivity contribution in [1.82, 2.24) is 4.98 Å². The predicted octanol–water partition coefficient (Wildman–Crippen LogP) is 4.05. The molecule has 0 bridgehead atoms. The first-order valence-electron chi connectivity index (χ1n) is 8.65. The average Bonchev–Trinajstić information content (AvgIpc) is 3.12. The Bertz CT molecular complexity index is 1260. The highest BCUT2D eigenvalue weighted by Crippen LogP contribution is 2.26. The monoisotopic (exact) mass is 410 g/mol. The van der Waals surface area contributed by atoms with E-state index in [0.29, 0.717) is 28.2 Å². The zero-order valence-electron chi connectivity index (χ0n) is 15.0. The first-order valence-corrected chi connectivity index (χ1v) is 10.3. The smallest absolute Gasteiger partial charge is 0.239 e. The van der Waals surface area contributed by atoms with Crippen LogP contribution in [-0.4, -0.2) is 25.1 Å². The van der Waals surface area contributed by atoms with Crippen molar-refractivity contribution < 1.29 is 22.0 Å². The Morgan fingerprint density at radius 3 is 2.52 bits per heavy atom. The van der Waals surface area contributed by atoms with Gasteiger partial charge in [0.1, 0.15) is 17.1 Å². The normalized spacial score (nSPS) is 11.5. The molecule has 0 saturated heterocycles. The second-order valence-corrected chi connectivity index (χ2v) is 8.32. The molecule has 0 aliphatic rings. The maximum absolute atomic E-state index is 13.0. The molecular formula is C21H15FN2O4S. The van der Waals surface area contributed by atoms with E-state index in [9.17, 15) is 17.6 Å². The number of fused-ring (bicyclic) bond motifs is 1. The largest absolute Gasteiger partial charge is 0.436 e. The van der Waals surface area contributed by atoms with Crippen LogP contribution < -0.4 is 5.32 Å². The molecule has 0 unspecified atom stereocenters. The zero-order valence-corrected chi connectivity index (χ0v) is 15.8. The number of oxazole rings is 1. The van der Waals surface area contributed by atoms with Crippen LogP contribution in [0.15, 0.2) is 82.1 Å². The maximum atomic E-state index is 13.0. The molecule has 1 amide bonds. The number of para-hydroxylation sites is 2. The summed E-state index contributed by atoms with van der Waals surface area (Å²) in [6.07, 6.45) is 0. The molecule has 4 rings (SSSR count). The number of benzene rings is 3. The highest BCUT2D eigenvalue weighted by Gasteiger charge is 2.20. The van der Waals surface area contributed by atoms with E-state index in [-0.39, 0.29) is 4.90 Å².